The molecule has 6 heteroatoms. The van der Waals surface area contributed by atoms with E-state index in [4.69, 9.17) is 4.74 Å². The number of halogens is 3. The maximum atomic E-state index is 12.5. The highest BCUT2D eigenvalue weighted by atomic mass is 19.4. The van der Waals surface area contributed by atoms with E-state index in [1.165, 1.54) is 0 Å². The molecule has 1 N–H and O–H groups in total. The molecule has 1 heterocycles. The van der Waals surface area contributed by atoms with Crippen LogP contribution in [0.3, 0.4) is 0 Å². The summed E-state index contributed by atoms with van der Waals surface area (Å²) in [5.41, 5.74) is 2.91. The van der Waals surface area contributed by atoms with E-state index < -0.39 is 18.7 Å². The number of rotatable bonds is 4. The Balaban J connectivity index is 1.70. The summed E-state index contributed by atoms with van der Waals surface area (Å²) in [6.07, 6.45) is -5.14. The zero-order valence-electron chi connectivity index (χ0n) is 13.5. The summed E-state index contributed by atoms with van der Waals surface area (Å²) < 4.78 is 42.6. The van der Waals surface area contributed by atoms with Crippen LogP contribution in [0, 0.1) is 0 Å². The van der Waals surface area contributed by atoms with Gasteiger partial charge in [-0.15, -0.1) is 0 Å². The third kappa shape index (κ3) is 4.60. The second kappa shape index (κ2) is 7.27. The number of alkyl halides is 3. The van der Waals surface area contributed by atoms with Crippen LogP contribution in [-0.4, -0.2) is 18.7 Å². The van der Waals surface area contributed by atoms with Crippen molar-refractivity contribution >= 4 is 11.6 Å². The molecule has 1 unspecified atom stereocenters. The van der Waals surface area contributed by atoms with Crippen LogP contribution in [0.15, 0.2) is 48.5 Å². The van der Waals surface area contributed by atoms with E-state index in [0.29, 0.717) is 17.9 Å². The monoisotopic (exact) mass is 349 g/mol. The van der Waals surface area contributed by atoms with E-state index >= 15 is 0 Å². The summed E-state index contributed by atoms with van der Waals surface area (Å²) in [5, 5.41) is 2.74. The molecule has 0 saturated heterocycles. The van der Waals surface area contributed by atoms with Crippen molar-refractivity contribution in [2.24, 2.45) is 0 Å². The number of amides is 1. The van der Waals surface area contributed by atoms with Crippen molar-refractivity contribution in [3.05, 3.63) is 65.2 Å². The summed E-state index contributed by atoms with van der Waals surface area (Å²) in [7, 11) is 0. The SMILES string of the molecule is O=C(Nc1cccc(CCC(F)(F)F)c1)C1OCCc2ccccc21. The number of aryl methyl sites for hydroxylation is 1. The first-order chi connectivity index (χ1) is 11.9. The predicted molar refractivity (Wildman–Crippen MR) is 88.3 cm³/mol. The van der Waals surface area contributed by atoms with Gasteiger partial charge >= 0.3 is 6.18 Å². The Hall–Kier alpha value is -2.34. The molecule has 0 fully saturated rings. The molecule has 1 amide bonds. The highest BCUT2D eigenvalue weighted by Gasteiger charge is 2.28. The van der Waals surface area contributed by atoms with Crippen molar-refractivity contribution in [1.82, 2.24) is 0 Å². The lowest BCUT2D eigenvalue weighted by Gasteiger charge is -2.25. The minimum absolute atomic E-state index is 0.115. The van der Waals surface area contributed by atoms with Gasteiger partial charge in [0.05, 0.1) is 6.61 Å². The van der Waals surface area contributed by atoms with Gasteiger partial charge < -0.3 is 10.1 Å². The lowest BCUT2D eigenvalue weighted by Crippen LogP contribution is -2.28. The Morgan fingerprint density at radius 2 is 1.96 bits per heavy atom. The number of fused-ring (bicyclic) bond motifs is 1. The van der Waals surface area contributed by atoms with Gasteiger partial charge in [0.2, 0.25) is 0 Å². The Labute approximate surface area is 143 Å². The first kappa shape index (κ1) is 17.5. The number of nitrogens with one attached hydrogen (secondary N) is 1. The smallest absolute Gasteiger partial charge is 0.363 e. The quantitative estimate of drug-likeness (QED) is 0.887. The van der Waals surface area contributed by atoms with Crippen molar-refractivity contribution in [2.75, 3.05) is 11.9 Å². The lowest BCUT2D eigenvalue weighted by atomic mass is 9.97. The van der Waals surface area contributed by atoms with Gasteiger partial charge in [0.15, 0.2) is 6.10 Å². The van der Waals surface area contributed by atoms with Crippen LogP contribution >= 0.6 is 0 Å². The van der Waals surface area contributed by atoms with Crippen LogP contribution in [0.2, 0.25) is 0 Å². The van der Waals surface area contributed by atoms with Crippen LogP contribution < -0.4 is 5.32 Å². The maximum Gasteiger partial charge on any atom is 0.389 e. The molecular weight excluding hydrogens is 331 g/mol. The van der Waals surface area contributed by atoms with Gasteiger partial charge in [0.25, 0.3) is 5.91 Å². The Bertz CT molecular complexity index is 758. The number of anilines is 1. The molecule has 2 aromatic rings. The van der Waals surface area contributed by atoms with Crippen molar-refractivity contribution in [3.8, 4) is 0 Å². The fraction of sp³-hybridized carbons (Fsp3) is 0.316. The van der Waals surface area contributed by atoms with Crippen molar-refractivity contribution in [3.63, 3.8) is 0 Å². The highest BCUT2D eigenvalue weighted by molar-refractivity contribution is 5.95. The maximum absolute atomic E-state index is 12.5. The summed E-state index contributed by atoms with van der Waals surface area (Å²) >= 11 is 0. The molecule has 2 aromatic carbocycles. The summed E-state index contributed by atoms with van der Waals surface area (Å²) in [5.74, 6) is -0.319. The van der Waals surface area contributed by atoms with Crippen LogP contribution in [0.25, 0.3) is 0 Å². The number of carbonyl (C=O) groups is 1. The second-order valence-electron chi connectivity index (χ2n) is 6.00. The molecule has 0 aromatic heterocycles. The largest absolute Gasteiger partial charge is 0.389 e. The van der Waals surface area contributed by atoms with Crippen LogP contribution in [0.5, 0.6) is 0 Å². The number of carbonyl (C=O) groups excluding carboxylic acids is 1. The molecule has 25 heavy (non-hydrogen) atoms. The molecule has 1 aliphatic heterocycles. The molecule has 0 bridgehead atoms. The van der Waals surface area contributed by atoms with Crippen molar-refractivity contribution in [1.29, 1.82) is 0 Å². The fourth-order valence-corrected chi connectivity index (χ4v) is 2.91. The summed E-state index contributed by atoms with van der Waals surface area (Å²) in [6, 6.07) is 14.1. The molecule has 3 rings (SSSR count). The van der Waals surface area contributed by atoms with Gasteiger partial charge in [-0.1, -0.05) is 36.4 Å². The molecular formula is C19H18F3NO2. The number of benzene rings is 2. The van der Waals surface area contributed by atoms with Crippen LogP contribution in [0.1, 0.15) is 29.2 Å². The normalized spacial score (nSPS) is 17.0. The van der Waals surface area contributed by atoms with Crippen molar-refractivity contribution < 1.29 is 22.7 Å². The third-order valence-electron chi connectivity index (χ3n) is 4.12. The number of hydrogen-bond donors (Lipinski definition) is 1. The predicted octanol–water partition coefficient (Wildman–Crippen LogP) is 4.43. The van der Waals surface area contributed by atoms with E-state index in [9.17, 15) is 18.0 Å². The highest BCUT2D eigenvalue weighted by Crippen LogP contribution is 2.28. The zero-order chi connectivity index (χ0) is 17.9. The molecule has 0 spiro atoms. The minimum Gasteiger partial charge on any atom is -0.363 e. The van der Waals surface area contributed by atoms with E-state index in [1.54, 1.807) is 24.3 Å². The molecule has 0 radical (unpaired) electrons. The minimum atomic E-state index is -4.20. The van der Waals surface area contributed by atoms with Gasteiger partial charge in [-0.05, 0) is 41.7 Å². The van der Waals surface area contributed by atoms with E-state index in [0.717, 1.165) is 17.5 Å². The molecule has 3 nitrogen and oxygen atoms in total. The Morgan fingerprint density at radius 1 is 1.16 bits per heavy atom. The Kier molecular flexibility index (Phi) is 5.08. The van der Waals surface area contributed by atoms with E-state index in [1.807, 2.05) is 24.3 Å². The summed E-state index contributed by atoms with van der Waals surface area (Å²) in [6.45, 7) is 0.459. The number of hydrogen-bond acceptors (Lipinski definition) is 2. The Morgan fingerprint density at radius 3 is 2.76 bits per heavy atom. The van der Waals surface area contributed by atoms with Gasteiger partial charge in [-0.2, -0.15) is 13.2 Å². The van der Waals surface area contributed by atoms with Gasteiger partial charge in [0.1, 0.15) is 0 Å². The average molecular weight is 349 g/mol. The topological polar surface area (TPSA) is 38.3 Å². The average Bonchev–Trinajstić information content (AvgIpc) is 2.59. The van der Waals surface area contributed by atoms with Crippen LogP contribution in [0.4, 0.5) is 18.9 Å². The second-order valence-corrected chi connectivity index (χ2v) is 6.00. The molecule has 1 aliphatic rings. The summed E-state index contributed by atoms with van der Waals surface area (Å²) in [4.78, 5) is 12.5. The van der Waals surface area contributed by atoms with Gasteiger partial charge in [-0.25, -0.2) is 0 Å². The fourth-order valence-electron chi connectivity index (χ4n) is 2.91. The standard InChI is InChI=1S/C19H18F3NO2/c20-19(21,22)10-8-13-4-3-6-15(12-13)23-18(24)17-16-7-2-1-5-14(16)9-11-25-17/h1-7,12,17H,8-11H2,(H,23,24). The first-order valence-corrected chi connectivity index (χ1v) is 8.08. The van der Waals surface area contributed by atoms with Gasteiger partial charge in [-0.3, -0.25) is 4.79 Å². The molecule has 1 atom stereocenters. The number of ether oxygens (including phenoxy) is 1. The van der Waals surface area contributed by atoms with Gasteiger partial charge in [0, 0.05) is 12.1 Å². The molecule has 132 valence electrons. The molecule has 0 aliphatic carbocycles. The molecule has 0 saturated carbocycles. The van der Waals surface area contributed by atoms with E-state index in [2.05, 4.69) is 5.32 Å². The van der Waals surface area contributed by atoms with E-state index in [-0.39, 0.29) is 12.3 Å². The lowest BCUT2D eigenvalue weighted by molar-refractivity contribution is -0.134. The zero-order valence-corrected chi connectivity index (χ0v) is 13.5. The first-order valence-electron chi connectivity index (χ1n) is 8.08. The van der Waals surface area contributed by atoms with Crippen molar-refractivity contribution in [2.45, 2.75) is 31.5 Å². The van der Waals surface area contributed by atoms with Crippen LogP contribution in [-0.2, 0) is 22.4 Å². The third-order valence-corrected chi connectivity index (χ3v) is 4.12.